The molecule has 6 nitrogen and oxygen atoms in total. The van der Waals surface area contributed by atoms with Crippen LogP contribution in [0.3, 0.4) is 0 Å². The standard InChI is InChI=1S/C20H23N3O3/c1-14-2-5-19(26-14)18(23-8-10-25-11-9-23)13-22-20(24)16-4-3-15-6-7-21-17(15)12-16/h2-7,12,18,21H,8-11,13H2,1H3,(H,22,24)/t18-/m1/s1. The fourth-order valence-electron chi connectivity index (χ4n) is 3.41. The molecule has 3 aromatic rings. The Balaban J connectivity index is 1.48. The van der Waals surface area contributed by atoms with Crippen molar-refractivity contribution < 1.29 is 13.9 Å². The van der Waals surface area contributed by atoms with Gasteiger partial charge in [0.25, 0.3) is 5.91 Å². The molecular weight excluding hydrogens is 330 g/mol. The Morgan fingerprint density at radius 1 is 1.23 bits per heavy atom. The minimum Gasteiger partial charge on any atom is -0.465 e. The summed E-state index contributed by atoms with van der Waals surface area (Å²) in [4.78, 5) is 18.1. The summed E-state index contributed by atoms with van der Waals surface area (Å²) in [5.74, 6) is 1.68. The number of benzene rings is 1. The molecule has 4 rings (SSSR count). The molecule has 0 saturated carbocycles. The predicted octanol–water partition coefficient (Wildman–Crippen LogP) is 2.87. The van der Waals surface area contributed by atoms with Gasteiger partial charge in [-0.05, 0) is 42.6 Å². The molecule has 1 fully saturated rings. The summed E-state index contributed by atoms with van der Waals surface area (Å²) in [6, 6.07) is 11.6. The highest BCUT2D eigenvalue weighted by Crippen LogP contribution is 2.23. The molecule has 6 heteroatoms. The summed E-state index contributed by atoms with van der Waals surface area (Å²) >= 11 is 0. The SMILES string of the molecule is Cc1ccc([C@@H](CNC(=O)c2ccc3cc[nH]c3c2)N2CCOCC2)o1. The van der Waals surface area contributed by atoms with Crippen LogP contribution in [-0.2, 0) is 4.74 Å². The molecule has 1 aliphatic heterocycles. The number of hydrogen-bond acceptors (Lipinski definition) is 4. The van der Waals surface area contributed by atoms with Gasteiger partial charge in [-0.2, -0.15) is 0 Å². The summed E-state index contributed by atoms with van der Waals surface area (Å²) in [6.45, 7) is 5.49. The number of fused-ring (bicyclic) bond motifs is 1. The van der Waals surface area contributed by atoms with Crippen molar-refractivity contribution in [3.63, 3.8) is 0 Å². The lowest BCUT2D eigenvalue weighted by atomic mass is 10.1. The Morgan fingerprint density at radius 3 is 2.85 bits per heavy atom. The van der Waals surface area contributed by atoms with E-state index in [2.05, 4.69) is 15.2 Å². The first-order valence-electron chi connectivity index (χ1n) is 8.94. The van der Waals surface area contributed by atoms with E-state index in [4.69, 9.17) is 9.15 Å². The van der Waals surface area contributed by atoms with Crippen LogP contribution in [0, 0.1) is 6.92 Å². The number of H-pyrrole nitrogens is 1. The van der Waals surface area contributed by atoms with Crippen LogP contribution in [0.25, 0.3) is 10.9 Å². The summed E-state index contributed by atoms with van der Waals surface area (Å²) < 4.78 is 11.3. The third kappa shape index (κ3) is 3.52. The van der Waals surface area contributed by atoms with Gasteiger partial charge in [0.1, 0.15) is 11.5 Å². The molecule has 1 atom stereocenters. The zero-order valence-electron chi connectivity index (χ0n) is 14.8. The van der Waals surface area contributed by atoms with E-state index in [-0.39, 0.29) is 11.9 Å². The number of carbonyl (C=O) groups excluding carboxylic acids is 1. The summed E-state index contributed by atoms with van der Waals surface area (Å²) in [5.41, 5.74) is 1.61. The van der Waals surface area contributed by atoms with Crippen molar-refractivity contribution in [3.8, 4) is 0 Å². The number of furan rings is 1. The average molecular weight is 353 g/mol. The fraction of sp³-hybridized carbons (Fsp3) is 0.350. The summed E-state index contributed by atoms with van der Waals surface area (Å²) in [5, 5.41) is 4.16. The van der Waals surface area contributed by atoms with Crippen molar-refractivity contribution in [1.29, 1.82) is 0 Å². The number of amides is 1. The zero-order chi connectivity index (χ0) is 17.9. The minimum atomic E-state index is -0.0805. The first-order chi connectivity index (χ1) is 12.7. The molecule has 1 aromatic carbocycles. The van der Waals surface area contributed by atoms with E-state index in [0.29, 0.717) is 25.3 Å². The van der Waals surface area contributed by atoms with Crippen molar-refractivity contribution in [2.24, 2.45) is 0 Å². The van der Waals surface area contributed by atoms with Gasteiger partial charge in [-0.15, -0.1) is 0 Å². The van der Waals surface area contributed by atoms with Gasteiger partial charge < -0.3 is 19.5 Å². The second-order valence-electron chi connectivity index (χ2n) is 6.60. The second-order valence-corrected chi connectivity index (χ2v) is 6.60. The second kappa shape index (κ2) is 7.35. The number of aryl methyl sites for hydroxylation is 1. The van der Waals surface area contributed by atoms with Gasteiger partial charge in [-0.25, -0.2) is 0 Å². The molecule has 1 amide bonds. The van der Waals surface area contributed by atoms with E-state index in [1.165, 1.54) is 0 Å². The maximum Gasteiger partial charge on any atom is 0.251 e. The lowest BCUT2D eigenvalue weighted by Gasteiger charge is -2.33. The molecule has 2 N–H and O–H groups in total. The maximum absolute atomic E-state index is 12.6. The lowest BCUT2D eigenvalue weighted by molar-refractivity contribution is 0.0117. The van der Waals surface area contributed by atoms with E-state index < -0.39 is 0 Å². The van der Waals surface area contributed by atoms with E-state index in [1.807, 2.05) is 49.5 Å². The van der Waals surface area contributed by atoms with Crippen LogP contribution in [0.4, 0.5) is 0 Å². The lowest BCUT2D eigenvalue weighted by Crippen LogP contribution is -2.43. The Bertz CT molecular complexity index is 892. The van der Waals surface area contributed by atoms with E-state index in [1.54, 1.807) is 0 Å². The van der Waals surface area contributed by atoms with Gasteiger partial charge in [-0.1, -0.05) is 6.07 Å². The highest BCUT2D eigenvalue weighted by atomic mass is 16.5. The number of ether oxygens (including phenoxy) is 1. The number of aromatic nitrogens is 1. The molecule has 0 unspecified atom stereocenters. The predicted molar refractivity (Wildman–Crippen MR) is 99.2 cm³/mol. The normalized spacial score (nSPS) is 16.7. The van der Waals surface area contributed by atoms with E-state index in [9.17, 15) is 4.79 Å². The van der Waals surface area contributed by atoms with Gasteiger partial charge in [-0.3, -0.25) is 9.69 Å². The highest BCUT2D eigenvalue weighted by molar-refractivity contribution is 5.97. The number of carbonyl (C=O) groups is 1. The zero-order valence-corrected chi connectivity index (χ0v) is 14.8. The molecule has 0 radical (unpaired) electrons. The smallest absolute Gasteiger partial charge is 0.251 e. The van der Waals surface area contributed by atoms with Crippen molar-refractivity contribution >= 4 is 16.8 Å². The van der Waals surface area contributed by atoms with E-state index >= 15 is 0 Å². The van der Waals surface area contributed by atoms with Crippen LogP contribution >= 0.6 is 0 Å². The average Bonchev–Trinajstić information content (AvgIpc) is 3.31. The van der Waals surface area contributed by atoms with Gasteiger partial charge in [0, 0.05) is 36.9 Å². The number of morpholine rings is 1. The summed E-state index contributed by atoms with van der Waals surface area (Å²) in [6.07, 6.45) is 1.88. The monoisotopic (exact) mass is 353 g/mol. The van der Waals surface area contributed by atoms with Crippen LogP contribution < -0.4 is 5.32 Å². The topological polar surface area (TPSA) is 70.5 Å². The van der Waals surface area contributed by atoms with Crippen molar-refractivity contribution in [1.82, 2.24) is 15.2 Å². The first-order valence-corrected chi connectivity index (χ1v) is 8.94. The molecule has 1 saturated heterocycles. The summed E-state index contributed by atoms with van der Waals surface area (Å²) in [7, 11) is 0. The maximum atomic E-state index is 12.6. The van der Waals surface area contributed by atoms with Gasteiger partial charge in [0.05, 0.1) is 19.3 Å². The molecular formula is C20H23N3O3. The molecule has 3 heterocycles. The van der Waals surface area contributed by atoms with E-state index in [0.717, 1.165) is 35.5 Å². The molecule has 1 aliphatic rings. The van der Waals surface area contributed by atoms with Crippen LogP contribution in [0.2, 0.25) is 0 Å². The third-order valence-corrected chi connectivity index (χ3v) is 4.85. The highest BCUT2D eigenvalue weighted by Gasteiger charge is 2.25. The molecule has 2 aromatic heterocycles. The number of nitrogens with zero attached hydrogens (tertiary/aromatic N) is 1. The van der Waals surface area contributed by atoms with Crippen molar-refractivity contribution in [3.05, 3.63) is 59.7 Å². The largest absolute Gasteiger partial charge is 0.465 e. The number of aromatic amines is 1. The van der Waals surface area contributed by atoms with Crippen LogP contribution in [0.1, 0.15) is 27.9 Å². The molecule has 0 spiro atoms. The van der Waals surface area contributed by atoms with Gasteiger partial charge >= 0.3 is 0 Å². The van der Waals surface area contributed by atoms with Gasteiger partial charge in [0.15, 0.2) is 0 Å². The van der Waals surface area contributed by atoms with Crippen LogP contribution in [-0.4, -0.2) is 48.6 Å². The number of hydrogen-bond donors (Lipinski definition) is 2. The molecule has 136 valence electrons. The number of nitrogens with one attached hydrogen (secondary N) is 2. The Hall–Kier alpha value is -2.57. The van der Waals surface area contributed by atoms with Crippen molar-refractivity contribution in [2.45, 2.75) is 13.0 Å². The molecule has 0 aliphatic carbocycles. The Kier molecular flexibility index (Phi) is 4.77. The number of rotatable bonds is 5. The quantitative estimate of drug-likeness (QED) is 0.740. The fourth-order valence-corrected chi connectivity index (χ4v) is 3.41. The Morgan fingerprint density at radius 2 is 2.08 bits per heavy atom. The van der Waals surface area contributed by atoms with Gasteiger partial charge in [0.2, 0.25) is 0 Å². The molecule has 0 bridgehead atoms. The third-order valence-electron chi connectivity index (χ3n) is 4.85. The first kappa shape index (κ1) is 16.9. The molecule has 26 heavy (non-hydrogen) atoms. The van der Waals surface area contributed by atoms with Crippen molar-refractivity contribution in [2.75, 3.05) is 32.8 Å². The van der Waals surface area contributed by atoms with Crippen LogP contribution in [0.15, 0.2) is 47.0 Å². The minimum absolute atomic E-state index is 0.00534. The Labute approximate surface area is 152 Å². The van der Waals surface area contributed by atoms with Crippen LogP contribution in [0.5, 0.6) is 0 Å².